The van der Waals surface area contributed by atoms with Gasteiger partial charge in [0.25, 0.3) is 0 Å². The van der Waals surface area contributed by atoms with Crippen LogP contribution in [0.15, 0.2) is 0 Å². The zero-order chi connectivity index (χ0) is 6.43. The fraction of sp³-hybridized carbons (Fsp3) is 0.875. The molecule has 0 aromatic heterocycles. The van der Waals surface area contributed by atoms with Crippen molar-refractivity contribution in [2.75, 3.05) is 0 Å². The molecule has 0 saturated heterocycles. The summed E-state index contributed by atoms with van der Waals surface area (Å²) in [6.07, 6.45) is 3.48. The molecule has 0 heterocycles. The number of hydrogen-bond donors (Lipinski definition) is 0. The zero-order valence-electron chi connectivity index (χ0n) is 5.76. The van der Waals surface area contributed by atoms with Gasteiger partial charge in [0, 0.05) is 12.3 Å². The van der Waals surface area contributed by atoms with Gasteiger partial charge in [-0.1, -0.05) is 6.92 Å². The zero-order valence-corrected chi connectivity index (χ0v) is 5.76. The van der Waals surface area contributed by atoms with Crippen LogP contribution in [0.3, 0.4) is 0 Å². The summed E-state index contributed by atoms with van der Waals surface area (Å²) in [5, 5.41) is 0. The summed E-state index contributed by atoms with van der Waals surface area (Å²) in [7, 11) is 0. The number of rotatable bonds is 2. The lowest BCUT2D eigenvalue weighted by atomic mass is 9.47. The summed E-state index contributed by atoms with van der Waals surface area (Å²) in [4.78, 5) is 11.0. The molecule has 0 radical (unpaired) electrons. The Balaban J connectivity index is 1.94. The molecular formula is C8H12O. The third-order valence-corrected chi connectivity index (χ3v) is 2.95. The maximum atomic E-state index is 11.0. The van der Waals surface area contributed by atoms with E-state index in [2.05, 4.69) is 0 Å². The Morgan fingerprint density at radius 3 is 2.11 bits per heavy atom. The third-order valence-electron chi connectivity index (χ3n) is 2.95. The minimum atomic E-state index is 0.516. The SMILES string of the molecule is CCC(=O)C1C2CC1C2. The first kappa shape index (κ1) is 5.45. The van der Waals surface area contributed by atoms with Crippen LogP contribution in [0.2, 0.25) is 0 Å². The first-order valence-electron chi connectivity index (χ1n) is 3.85. The Kier molecular flexibility index (Phi) is 0.961. The van der Waals surface area contributed by atoms with Gasteiger partial charge >= 0.3 is 0 Å². The van der Waals surface area contributed by atoms with Gasteiger partial charge in [-0.05, 0) is 24.7 Å². The quantitative estimate of drug-likeness (QED) is 0.546. The lowest BCUT2D eigenvalue weighted by Crippen LogP contribution is -2.53. The number of carbonyl (C=O) groups excluding carboxylic acids is 1. The molecule has 1 heteroatoms. The van der Waals surface area contributed by atoms with Crippen LogP contribution in [0.25, 0.3) is 0 Å². The van der Waals surface area contributed by atoms with Gasteiger partial charge in [-0.2, -0.15) is 0 Å². The number of carbonyl (C=O) groups is 1. The number of Topliss-reactive ketones (excluding diaryl/α,β-unsaturated/α-hetero) is 1. The van der Waals surface area contributed by atoms with E-state index in [0.29, 0.717) is 11.7 Å². The van der Waals surface area contributed by atoms with Crippen molar-refractivity contribution in [3.8, 4) is 0 Å². The van der Waals surface area contributed by atoms with Crippen molar-refractivity contribution in [2.24, 2.45) is 17.8 Å². The fourth-order valence-electron chi connectivity index (χ4n) is 2.05. The van der Waals surface area contributed by atoms with Crippen LogP contribution >= 0.6 is 0 Å². The van der Waals surface area contributed by atoms with E-state index in [1.54, 1.807) is 0 Å². The highest BCUT2D eigenvalue weighted by molar-refractivity contribution is 5.83. The van der Waals surface area contributed by atoms with E-state index >= 15 is 0 Å². The highest BCUT2D eigenvalue weighted by Crippen LogP contribution is 2.59. The Morgan fingerprint density at radius 2 is 2.00 bits per heavy atom. The molecule has 0 aromatic rings. The normalized spacial score (nSPS) is 45.2. The molecule has 3 fully saturated rings. The lowest BCUT2D eigenvalue weighted by molar-refractivity contribution is -0.149. The van der Waals surface area contributed by atoms with Crippen LogP contribution in [-0.4, -0.2) is 5.78 Å². The number of hydrogen-bond acceptors (Lipinski definition) is 1. The standard InChI is InChI=1S/C8H12O/c1-2-7(9)8-5-3-6(8)4-5/h5-6,8H,2-4H2,1H3. The first-order valence-corrected chi connectivity index (χ1v) is 3.85. The van der Waals surface area contributed by atoms with E-state index in [-0.39, 0.29) is 0 Å². The van der Waals surface area contributed by atoms with Crippen LogP contribution in [0.1, 0.15) is 26.2 Å². The molecule has 1 nitrogen and oxygen atoms in total. The summed E-state index contributed by atoms with van der Waals surface area (Å²) in [6, 6.07) is 0. The van der Waals surface area contributed by atoms with E-state index in [4.69, 9.17) is 0 Å². The maximum absolute atomic E-state index is 11.0. The Morgan fingerprint density at radius 1 is 1.44 bits per heavy atom. The fourth-order valence-corrected chi connectivity index (χ4v) is 2.05. The molecule has 0 spiro atoms. The molecule has 50 valence electrons. The predicted molar refractivity (Wildman–Crippen MR) is 35.0 cm³/mol. The molecule has 0 N–H and O–H groups in total. The highest BCUT2D eigenvalue weighted by atomic mass is 16.1. The van der Waals surface area contributed by atoms with Gasteiger partial charge in [0.1, 0.15) is 5.78 Å². The van der Waals surface area contributed by atoms with E-state index in [1.165, 1.54) is 12.8 Å². The van der Waals surface area contributed by atoms with Gasteiger partial charge in [0.2, 0.25) is 0 Å². The van der Waals surface area contributed by atoms with E-state index in [9.17, 15) is 4.79 Å². The molecule has 3 saturated carbocycles. The molecule has 0 aliphatic heterocycles. The number of ketones is 1. The second-order valence-electron chi connectivity index (χ2n) is 3.34. The second-order valence-corrected chi connectivity index (χ2v) is 3.34. The smallest absolute Gasteiger partial charge is 0.136 e. The van der Waals surface area contributed by atoms with Gasteiger partial charge in [0.15, 0.2) is 0 Å². The van der Waals surface area contributed by atoms with Crippen molar-refractivity contribution < 1.29 is 4.79 Å². The molecule has 0 atom stereocenters. The average Bonchev–Trinajstić information content (AvgIpc) is 1.57. The van der Waals surface area contributed by atoms with Crippen molar-refractivity contribution in [3.63, 3.8) is 0 Å². The largest absolute Gasteiger partial charge is 0.299 e. The highest BCUT2D eigenvalue weighted by Gasteiger charge is 2.54. The van der Waals surface area contributed by atoms with Gasteiger partial charge in [-0.3, -0.25) is 4.79 Å². The monoisotopic (exact) mass is 124 g/mol. The van der Waals surface area contributed by atoms with Gasteiger partial charge in [0.05, 0.1) is 0 Å². The lowest BCUT2D eigenvalue weighted by Gasteiger charge is -2.57. The summed E-state index contributed by atoms with van der Waals surface area (Å²) in [5.41, 5.74) is 0. The van der Waals surface area contributed by atoms with E-state index < -0.39 is 0 Å². The van der Waals surface area contributed by atoms with Crippen LogP contribution < -0.4 is 0 Å². The molecule has 0 aromatic carbocycles. The van der Waals surface area contributed by atoms with E-state index in [1.807, 2.05) is 6.92 Å². The summed E-state index contributed by atoms with van der Waals surface area (Å²) >= 11 is 0. The van der Waals surface area contributed by atoms with Crippen molar-refractivity contribution in [3.05, 3.63) is 0 Å². The Bertz CT molecular complexity index is 137. The van der Waals surface area contributed by atoms with Crippen LogP contribution in [0, 0.1) is 17.8 Å². The molecule has 0 amide bonds. The summed E-state index contributed by atoms with van der Waals surface area (Å²) in [5.74, 6) is 2.68. The average molecular weight is 124 g/mol. The molecule has 3 aliphatic carbocycles. The second kappa shape index (κ2) is 1.59. The minimum absolute atomic E-state index is 0.516. The van der Waals surface area contributed by atoms with Crippen molar-refractivity contribution in [1.29, 1.82) is 0 Å². The molecule has 9 heavy (non-hydrogen) atoms. The minimum Gasteiger partial charge on any atom is -0.299 e. The third kappa shape index (κ3) is 0.525. The Labute approximate surface area is 55.4 Å². The molecule has 0 unspecified atom stereocenters. The molecule has 2 bridgehead atoms. The van der Waals surface area contributed by atoms with Crippen LogP contribution in [0.4, 0.5) is 0 Å². The first-order chi connectivity index (χ1) is 4.33. The summed E-state index contributed by atoms with van der Waals surface area (Å²) in [6.45, 7) is 1.97. The predicted octanol–water partition coefficient (Wildman–Crippen LogP) is 1.62. The van der Waals surface area contributed by atoms with Crippen LogP contribution in [0.5, 0.6) is 0 Å². The van der Waals surface area contributed by atoms with Crippen molar-refractivity contribution in [2.45, 2.75) is 26.2 Å². The van der Waals surface area contributed by atoms with Gasteiger partial charge in [-0.25, -0.2) is 0 Å². The van der Waals surface area contributed by atoms with E-state index in [0.717, 1.165) is 18.3 Å². The molecule has 3 rings (SSSR count). The molecular weight excluding hydrogens is 112 g/mol. The van der Waals surface area contributed by atoms with Crippen molar-refractivity contribution in [1.82, 2.24) is 0 Å². The van der Waals surface area contributed by atoms with Crippen LogP contribution in [-0.2, 0) is 4.79 Å². The van der Waals surface area contributed by atoms with Gasteiger partial charge < -0.3 is 0 Å². The van der Waals surface area contributed by atoms with Gasteiger partial charge in [-0.15, -0.1) is 0 Å². The Hall–Kier alpha value is -0.330. The van der Waals surface area contributed by atoms with Crippen molar-refractivity contribution >= 4 is 5.78 Å². The molecule has 3 aliphatic rings. The maximum Gasteiger partial charge on any atom is 0.136 e. The summed E-state index contributed by atoms with van der Waals surface area (Å²) < 4.78 is 0. The topological polar surface area (TPSA) is 17.1 Å².